The van der Waals surface area contributed by atoms with Gasteiger partial charge in [-0.25, -0.2) is 0 Å². The zero-order chi connectivity index (χ0) is 6.73. The van der Waals surface area contributed by atoms with Crippen LogP contribution in [0.2, 0.25) is 0 Å². The molecule has 24 valence electrons. The topological polar surface area (TPSA) is 17.1 Å². The number of rotatable bonds is 0. The van der Waals surface area contributed by atoms with Gasteiger partial charge in [0, 0.05) is 5.48 Å². The summed E-state index contributed by atoms with van der Waals surface area (Å²) in [5, 5.41) is 0. The number of carbonyl (C=O) groups excluding carboxylic acids is 1. The van der Waals surface area contributed by atoms with Crippen LogP contribution in [0.3, 0.4) is 0 Å². The van der Waals surface area contributed by atoms with E-state index in [1.165, 1.54) is 0 Å². The molecule has 0 bridgehead atoms. The first-order chi connectivity index (χ1) is 3.55. The van der Waals surface area contributed by atoms with Crippen molar-refractivity contribution in [3.63, 3.8) is 0 Å². The summed E-state index contributed by atoms with van der Waals surface area (Å²) in [7, 11) is 0. The van der Waals surface area contributed by atoms with Crippen LogP contribution in [0.25, 0.3) is 0 Å². The summed E-state index contributed by atoms with van der Waals surface area (Å²) < 4.78 is 25.6. The summed E-state index contributed by atoms with van der Waals surface area (Å²) in [5.41, 5.74) is 0. The molecular weight excluding hydrogens is 52.0 g/mol. The van der Waals surface area contributed by atoms with Gasteiger partial charge in [0.2, 0.25) is 0 Å². The minimum atomic E-state index is -1.67. The van der Waals surface area contributed by atoms with Crippen molar-refractivity contribution in [2.75, 3.05) is 0 Å². The van der Waals surface area contributed by atoms with Gasteiger partial charge in [-0.3, -0.25) is 0 Å². The second-order valence-electron chi connectivity index (χ2n) is 0.402. The third kappa shape index (κ3) is 6.88. The number of carbonyl (C=O) groups is 1. The zero-order valence-electron chi connectivity index (χ0n) is 6.06. The molecule has 0 radical (unpaired) electrons. The van der Waals surface area contributed by atoms with Crippen molar-refractivity contribution >= 4 is 5.78 Å². The Morgan fingerprint density at radius 3 is 2.50 bits per heavy atom. The fourth-order valence-corrected chi connectivity index (χ4v) is 0. The minimum Gasteiger partial charge on any atom is -0.300 e. The normalized spacial score (nSPS) is 22.5. The molecule has 0 aliphatic heterocycles. The van der Waals surface area contributed by atoms with Gasteiger partial charge in [0.05, 0.1) is 0 Å². The molecule has 0 amide bonds. The van der Waals surface area contributed by atoms with E-state index >= 15 is 0 Å². The van der Waals surface area contributed by atoms with Gasteiger partial charge in [-0.05, 0) is 13.8 Å². The molecule has 1 heteroatoms. The van der Waals surface area contributed by atoms with Crippen molar-refractivity contribution in [3.05, 3.63) is 0 Å². The maximum atomic E-state index is 10.1. The molecule has 0 heterocycles. The molecule has 0 saturated carbocycles. The fourth-order valence-electron chi connectivity index (χ4n) is 0. The standard InChI is InChI=1S/C3H6O/c1-3(2)4/h1-2H3/i1D2,2D2. The first-order valence-corrected chi connectivity index (χ1v) is 0.781. The summed E-state index contributed by atoms with van der Waals surface area (Å²) in [6.45, 7) is -3.34. The Balaban J connectivity index is 3.65. The maximum Gasteiger partial charge on any atom is 0.126 e. The number of hydrogen-bond acceptors (Lipinski definition) is 1. The van der Waals surface area contributed by atoms with Gasteiger partial charge in [-0.2, -0.15) is 0 Å². The Morgan fingerprint density at radius 2 is 2.50 bits per heavy atom. The average molecular weight is 62.1 g/mol. The molecule has 0 N–H and O–H groups in total. The summed E-state index contributed by atoms with van der Waals surface area (Å²) in [4.78, 5) is 10.1. The molecule has 0 saturated heterocycles. The molecule has 0 aliphatic carbocycles. The first-order valence-electron chi connectivity index (χ1n) is 3.09. The molecule has 0 aromatic carbocycles. The van der Waals surface area contributed by atoms with Crippen molar-refractivity contribution < 1.29 is 10.3 Å². The van der Waals surface area contributed by atoms with Crippen molar-refractivity contribution in [1.82, 2.24) is 0 Å². The van der Waals surface area contributed by atoms with Crippen LogP contribution in [0, 0.1) is 0 Å². The molecule has 0 aliphatic rings. The third-order valence-electron chi connectivity index (χ3n) is 0. The lowest BCUT2D eigenvalue weighted by Crippen LogP contribution is -1.69. The van der Waals surface area contributed by atoms with Crippen molar-refractivity contribution in [3.8, 4) is 0 Å². The second-order valence-corrected chi connectivity index (χ2v) is 0.402. The summed E-state index contributed by atoms with van der Waals surface area (Å²) >= 11 is 0. The lowest BCUT2D eigenvalue weighted by atomic mass is 10.6. The van der Waals surface area contributed by atoms with Crippen LogP contribution in [0.4, 0.5) is 0 Å². The van der Waals surface area contributed by atoms with Crippen LogP contribution in [-0.4, -0.2) is 5.78 Å². The van der Waals surface area contributed by atoms with E-state index in [1.54, 1.807) is 0 Å². The van der Waals surface area contributed by atoms with E-state index in [2.05, 4.69) is 0 Å². The highest BCUT2D eigenvalue weighted by Crippen LogP contribution is 1.50. The Bertz CT molecular complexity index is 79.3. The Morgan fingerprint density at radius 1 is 2.00 bits per heavy atom. The maximum absolute atomic E-state index is 10.1. The van der Waals surface area contributed by atoms with E-state index in [4.69, 9.17) is 5.48 Å². The highest BCUT2D eigenvalue weighted by molar-refractivity contribution is 5.72. The Kier molecular flexibility index (Phi) is 0.154. The van der Waals surface area contributed by atoms with Gasteiger partial charge >= 0.3 is 0 Å². The van der Waals surface area contributed by atoms with Crippen molar-refractivity contribution in [2.24, 2.45) is 0 Å². The van der Waals surface area contributed by atoms with E-state index in [0.29, 0.717) is 0 Å². The van der Waals surface area contributed by atoms with Crippen molar-refractivity contribution in [1.29, 1.82) is 0 Å². The van der Waals surface area contributed by atoms with Gasteiger partial charge in [-0.1, -0.05) is 0 Å². The van der Waals surface area contributed by atoms with Crippen molar-refractivity contribution in [2.45, 2.75) is 13.8 Å². The second kappa shape index (κ2) is 1.04. The largest absolute Gasteiger partial charge is 0.300 e. The summed E-state index contributed by atoms with van der Waals surface area (Å²) in [5.74, 6) is -0.981. The minimum absolute atomic E-state index is 0.981. The summed E-state index contributed by atoms with van der Waals surface area (Å²) in [6, 6.07) is 0. The number of ketones is 1. The molecule has 0 atom stereocenters. The Hall–Kier alpha value is -0.330. The average Bonchev–Trinajstić information content (AvgIpc) is 1.64. The molecule has 4 heavy (non-hydrogen) atoms. The van der Waals surface area contributed by atoms with Crippen LogP contribution in [0.15, 0.2) is 0 Å². The molecule has 0 aromatic rings. The molecule has 0 spiro atoms. The third-order valence-corrected chi connectivity index (χ3v) is 0. The Labute approximate surface area is 31.3 Å². The van der Waals surface area contributed by atoms with E-state index in [1.807, 2.05) is 0 Å². The predicted molar refractivity (Wildman–Crippen MR) is 16.4 cm³/mol. The smallest absolute Gasteiger partial charge is 0.126 e. The zero-order valence-corrected chi connectivity index (χ0v) is 2.06. The van der Waals surface area contributed by atoms with Crippen LogP contribution < -0.4 is 0 Å². The van der Waals surface area contributed by atoms with E-state index in [0.717, 1.165) is 0 Å². The van der Waals surface area contributed by atoms with Crippen LogP contribution in [0.5, 0.6) is 0 Å². The molecular formula is C3H6O. The predicted octanol–water partition coefficient (Wildman–Crippen LogP) is 0.595. The van der Waals surface area contributed by atoms with Gasteiger partial charge < -0.3 is 4.79 Å². The number of Topliss-reactive ketones (excluding diaryl/α,β-unsaturated/α-hetero) is 1. The van der Waals surface area contributed by atoms with Crippen LogP contribution in [-0.2, 0) is 4.79 Å². The monoisotopic (exact) mass is 62.1 g/mol. The SMILES string of the molecule is [2H]C([2H])C(=O)C([2H])[2H]. The van der Waals surface area contributed by atoms with Gasteiger partial charge in [0.1, 0.15) is 5.78 Å². The molecule has 1 nitrogen and oxygen atoms in total. The molecule has 0 fully saturated rings. The van der Waals surface area contributed by atoms with Crippen LogP contribution in [0.1, 0.15) is 19.2 Å². The van der Waals surface area contributed by atoms with Gasteiger partial charge in [0.15, 0.2) is 0 Å². The summed E-state index contributed by atoms with van der Waals surface area (Å²) in [6.07, 6.45) is 0. The molecule has 0 aromatic heterocycles. The molecule has 0 rings (SSSR count). The van der Waals surface area contributed by atoms with Gasteiger partial charge in [-0.15, -0.1) is 0 Å². The highest BCUT2D eigenvalue weighted by atomic mass is 16.1. The van der Waals surface area contributed by atoms with Crippen LogP contribution >= 0.6 is 0 Å². The van der Waals surface area contributed by atoms with E-state index < -0.39 is 19.5 Å². The quantitative estimate of drug-likeness (QED) is 0.401. The number of hydrogen-bond donors (Lipinski definition) is 0. The van der Waals surface area contributed by atoms with E-state index in [-0.39, 0.29) is 0 Å². The lowest BCUT2D eigenvalue weighted by Gasteiger charge is -1.56. The van der Waals surface area contributed by atoms with E-state index in [9.17, 15) is 4.79 Å². The first kappa shape index (κ1) is 0.588. The van der Waals surface area contributed by atoms with Gasteiger partial charge in [0.25, 0.3) is 0 Å². The lowest BCUT2D eigenvalue weighted by molar-refractivity contribution is -0.114. The fraction of sp³-hybridized carbons (Fsp3) is 0.667. The highest BCUT2D eigenvalue weighted by Gasteiger charge is 1.62. The molecule has 0 unspecified atom stereocenters.